The normalized spacial score (nSPS) is 18.2. The Labute approximate surface area is 154 Å². The second kappa shape index (κ2) is 6.54. The Bertz CT molecular complexity index is 930. The second-order valence-electron chi connectivity index (χ2n) is 6.08. The summed E-state index contributed by atoms with van der Waals surface area (Å²) in [6.07, 6.45) is 2.96. The molecule has 0 unspecified atom stereocenters. The highest BCUT2D eigenvalue weighted by molar-refractivity contribution is 6.40. The number of carbonyl (C=O) groups excluding carboxylic acids is 2. The van der Waals surface area contributed by atoms with Gasteiger partial charge in [-0.2, -0.15) is 0 Å². The lowest BCUT2D eigenvalue weighted by molar-refractivity contribution is -0.110. The minimum atomic E-state index is -0.308. The number of anilines is 1. The highest BCUT2D eigenvalue weighted by Crippen LogP contribution is 2.35. The zero-order chi connectivity index (χ0) is 18.3. The average molecular weight is 374 g/mol. The van der Waals surface area contributed by atoms with Crippen molar-refractivity contribution in [3.63, 3.8) is 0 Å². The molecule has 0 bridgehead atoms. The van der Waals surface area contributed by atoms with Crippen LogP contribution >= 0.6 is 11.6 Å². The maximum Gasteiger partial charge on any atom is 0.270 e. The van der Waals surface area contributed by atoms with Gasteiger partial charge in [0.2, 0.25) is 0 Å². The third-order valence-corrected chi connectivity index (χ3v) is 4.71. The van der Waals surface area contributed by atoms with Crippen LogP contribution in [0.15, 0.2) is 12.4 Å². The van der Waals surface area contributed by atoms with Gasteiger partial charge in [-0.1, -0.05) is 11.6 Å². The van der Waals surface area contributed by atoms with Crippen molar-refractivity contribution < 1.29 is 14.3 Å². The zero-order valence-corrected chi connectivity index (χ0v) is 14.8. The van der Waals surface area contributed by atoms with Crippen LogP contribution in [-0.2, 0) is 9.53 Å². The summed E-state index contributed by atoms with van der Waals surface area (Å²) in [6.45, 7) is 4.08. The molecule has 4 rings (SSSR count). The van der Waals surface area contributed by atoms with E-state index >= 15 is 0 Å². The summed E-state index contributed by atoms with van der Waals surface area (Å²) < 4.78 is 5.28. The number of hydrogen-bond acceptors (Lipinski definition) is 5. The maximum absolute atomic E-state index is 12.6. The quantitative estimate of drug-likeness (QED) is 0.616. The molecule has 4 heterocycles. The molecule has 8 nitrogen and oxygen atoms in total. The van der Waals surface area contributed by atoms with Gasteiger partial charge < -0.3 is 19.9 Å². The van der Waals surface area contributed by atoms with E-state index in [1.165, 1.54) is 6.33 Å². The van der Waals surface area contributed by atoms with Gasteiger partial charge in [-0.05, 0) is 24.6 Å². The summed E-state index contributed by atoms with van der Waals surface area (Å²) in [7, 11) is 0. The number of aromatic nitrogens is 3. The van der Waals surface area contributed by atoms with Crippen LogP contribution in [0.3, 0.4) is 0 Å². The molecule has 1 fully saturated rings. The van der Waals surface area contributed by atoms with E-state index in [1.54, 1.807) is 17.0 Å². The van der Waals surface area contributed by atoms with E-state index in [1.807, 2.05) is 6.92 Å². The number of halogens is 1. The standard InChI is InChI=1S/C17H16ClN5O3/c1-9-6-12(17(25)23-2-4-26-5-3-23)21-11(9)7-10-13-14(18)19-8-20-15(13)22-16(10)24/h6-8,21H,2-5H2,1H3,(H,19,20,22,24)/b10-7-. The first-order chi connectivity index (χ1) is 12.5. The lowest BCUT2D eigenvalue weighted by Gasteiger charge is -2.26. The Balaban J connectivity index is 1.68. The smallest absolute Gasteiger partial charge is 0.270 e. The van der Waals surface area contributed by atoms with Crippen molar-refractivity contribution in [2.24, 2.45) is 0 Å². The lowest BCUT2D eigenvalue weighted by Crippen LogP contribution is -2.40. The molecule has 2 amide bonds. The number of H-pyrrole nitrogens is 1. The van der Waals surface area contributed by atoms with Crippen molar-refractivity contribution >= 4 is 40.9 Å². The topological polar surface area (TPSA) is 100 Å². The fourth-order valence-electron chi connectivity index (χ4n) is 3.04. The summed E-state index contributed by atoms with van der Waals surface area (Å²) in [4.78, 5) is 37.7. The Morgan fingerprint density at radius 1 is 1.35 bits per heavy atom. The number of hydrogen-bond donors (Lipinski definition) is 2. The van der Waals surface area contributed by atoms with E-state index in [0.717, 1.165) is 5.56 Å². The number of carbonyl (C=O) groups is 2. The third-order valence-electron chi connectivity index (χ3n) is 4.42. The summed E-state index contributed by atoms with van der Waals surface area (Å²) in [6, 6.07) is 1.78. The highest BCUT2D eigenvalue weighted by Gasteiger charge is 2.29. The number of fused-ring (bicyclic) bond motifs is 1. The van der Waals surface area contributed by atoms with Crippen LogP contribution in [0.4, 0.5) is 5.82 Å². The summed E-state index contributed by atoms with van der Waals surface area (Å²) in [5, 5.41) is 2.87. The number of aryl methyl sites for hydroxylation is 1. The Morgan fingerprint density at radius 2 is 2.12 bits per heavy atom. The molecule has 0 atom stereocenters. The molecule has 1 saturated heterocycles. The van der Waals surface area contributed by atoms with Crippen molar-refractivity contribution in [3.8, 4) is 0 Å². The molecule has 9 heteroatoms. The molecule has 2 aromatic rings. The molecule has 0 saturated carbocycles. The molecule has 26 heavy (non-hydrogen) atoms. The van der Waals surface area contributed by atoms with E-state index in [4.69, 9.17) is 16.3 Å². The third kappa shape index (κ3) is 2.87. The first-order valence-electron chi connectivity index (χ1n) is 8.15. The fraction of sp³-hybridized carbons (Fsp3) is 0.294. The van der Waals surface area contributed by atoms with Gasteiger partial charge in [-0.3, -0.25) is 9.59 Å². The van der Waals surface area contributed by atoms with E-state index in [0.29, 0.717) is 54.6 Å². The molecule has 2 aliphatic rings. The van der Waals surface area contributed by atoms with Gasteiger partial charge in [0, 0.05) is 18.8 Å². The number of morpholine rings is 1. The number of ether oxygens (including phenoxy) is 1. The minimum Gasteiger partial charge on any atom is -0.378 e. The lowest BCUT2D eigenvalue weighted by atomic mass is 10.1. The first kappa shape index (κ1) is 16.7. The highest BCUT2D eigenvalue weighted by atomic mass is 35.5. The predicted molar refractivity (Wildman–Crippen MR) is 95.8 cm³/mol. The number of rotatable bonds is 2. The molecular formula is C17H16ClN5O3. The predicted octanol–water partition coefficient (Wildman–Crippen LogP) is 1.73. The Morgan fingerprint density at radius 3 is 2.88 bits per heavy atom. The van der Waals surface area contributed by atoms with Crippen molar-refractivity contribution in [2.75, 3.05) is 31.6 Å². The molecule has 0 radical (unpaired) electrons. The van der Waals surface area contributed by atoms with Crippen molar-refractivity contribution in [3.05, 3.63) is 40.1 Å². The minimum absolute atomic E-state index is 0.0845. The number of nitrogens with one attached hydrogen (secondary N) is 2. The van der Waals surface area contributed by atoms with Crippen LogP contribution in [0.2, 0.25) is 5.15 Å². The van der Waals surface area contributed by atoms with Gasteiger partial charge in [-0.15, -0.1) is 0 Å². The molecule has 2 aliphatic heterocycles. The summed E-state index contributed by atoms with van der Waals surface area (Å²) in [5.41, 5.74) is 2.82. The summed E-state index contributed by atoms with van der Waals surface area (Å²) >= 11 is 6.13. The van der Waals surface area contributed by atoms with E-state index < -0.39 is 0 Å². The monoisotopic (exact) mass is 373 g/mol. The average Bonchev–Trinajstić information content (AvgIpc) is 3.16. The maximum atomic E-state index is 12.6. The van der Waals surface area contributed by atoms with Crippen molar-refractivity contribution in [1.29, 1.82) is 0 Å². The van der Waals surface area contributed by atoms with Gasteiger partial charge in [0.1, 0.15) is 23.0 Å². The molecular weight excluding hydrogens is 358 g/mol. The second-order valence-corrected chi connectivity index (χ2v) is 6.44. The van der Waals surface area contributed by atoms with Crippen LogP contribution in [-0.4, -0.2) is 58.0 Å². The fourth-order valence-corrected chi connectivity index (χ4v) is 3.28. The molecule has 0 aromatic carbocycles. The molecule has 134 valence electrons. The molecule has 0 aliphatic carbocycles. The van der Waals surface area contributed by atoms with Crippen LogP contribution in [0.25, 0.3) is 11.6 Å². The van der Waals surface area contributed by atoms with Crippen LogP contribution in [0.1, 0.15) is 27.3 Å². The first-order valence-corrected chi connectivity index (χ1v) is 8.53. The summed E-state index contributed by atoms with van der Waals surface area (Å²) in [5.74, 6) is -0.00813. The van der Waals surface area contributed by atoms with E-state index in [-0.39, 0.29) is 17.0 Å². The Kier molecular flexibility index (Phi) is 4.21. The van der Waals surface area contributed by atoms with E-state index in [2.05, 4.69) is 20.3 Å². The van der Waals surface area contributed by atoms with Crippen LogP contribution in [0.5, 0.6) is 0 Å². The number of aromatic amines is 1. The van der Waals surface area contributed by atoms with Crippen LogP contribution in [0, 0.1) is 6.92 Å². The van der Waals surface area contributed by atoms with Crippen molar-refractivity contribution in [2.45, 2.75) is 6.92 Å². The Hall–Kier alpha value is -2.71. The number of nitrogens with zero attached hydrogens (tertiary/aromatic N) is 3. The zero-order valence-electron chi connectivity index (χ0n) is 14.0. The van der Waals surface area contributed by atoms with Crippen LogP contribution < -0.4 is 5.32 Å². The SMILES string of the molecule is Cc1cc(C(=O)N2CCOCC2)[nH]c1/C=C1\C(=O)Nc2ncnc(Cl)c21. The van der Waals surface area contributed by atoms with Gasteiger partial charge in [-0.25, -0.2) is 9.97 Å². The largest absolute Gasteiger partial charge is 0.378 e. The molecule has 0 spiro atoms. The van der Waals surface area contributed by atoms with Crippen molar-refractivity contribution in [1.82, 2.24) is 19.9 Å². The van der Waals surface area contributed by atoms with Gasteiger partial charge in [0.05, 0.1) is 24.4 Å². The van der Waals surface area contributed by atoms with Gasteiger partial charge in [0.15, 0.2) is 0 Å². The number of amides is 2. The molecule has 2 aromatic heterocycles. The van der Waals surface area contributed by atoms with Gasteiger partial charge >= 0.3 is 0 Å². The van der Waals surface area contributed by atoms with Gasteiger partial charge in [0.25, 0.3) is 11.8 Å². The molecule has 2 N–H and O–H groups in total. The van der Waals surface area contributed by atoms with E-state index in [9.17, 15) is 9.59 Å².